The highest BCUT2D eigenvalue weighted by molar-refractivity contribution is 5.66. The molecular weight excluding hydrogens is 242 g/mol. The summed E-state index contributed by atoms with van der Waals surface area (Å²) in [6, 6.07) is 7.61. The third-order valence-corrected chi connectivity index (χ3v) is 3.33. The highest BCUT2D eigenvalue weighted by Crippen LogP contribution is 2.14. The lowest BCUT2D eigenvalue weighted by atomic mass is 10.1. The number of carboxylic acid groups (broad SMARTS) is 1. The first-order valence-corrected chi connectivity index (χ1v) is 6.76. The molecule has 0 aliphatic carbocycles. The molecule has 0 aromatic heterocycles. The molecule has 1 aromatic carbocycles. The smallest absolute Gasteiger partial charge is 0.303 e. The fraction of sp³-hybridized carbons (Fsp3) is 0.533. The summed E-state index contributed by atoms with van der Waals surface area (Å²) in [5.74, 6) is -0.451. The molecule has 0 aliphatic heterocycles. The molecule has 0 bridgehead atoms. The Morgan fingerprint density at radius 2 is 1.95 bits per heavy atom. The van der Waals surface area contributed by atoms with Crippen molar-refractivity contribution in [2.24, 2.45) is 0 Å². The van der Waals surface area contributed by atoms with Crippen LogP contribution in [-0.2, 0) is 11.2 Å². The number of likely N-dealkylation sites (N-methyl/N-ethyl adjacent to an activating group) is 1. The van der Waals surface area contributed by atoms with Crippen LogP contribution in [0.3, 0.4) is 0 Å². The van der Waals surface area contributed by atoms with Gasteiger partial charge in [-0.3, -0.25) is 4.79 Å². The maximum absolute atomic E-state index is 10.5. The minimum atomic E-state index is -0.734. The molecule has 0 saturated carbocycles. The van der Waals surface area contributed by atoms with Gasteiger partial charge in [-0.25, -0.2) is 0 Å². The van der Waals surface area contributed by atoms with E-state index in [1.807, 2.05) is 12.1 Å². The van der Waals surface area contributed by atoms with E-state index in [-0.39, 0.29) is 12.2 Å². The van der Waals surface area contributed by atoms with E-state index in [2.05, 4.69) is 18.7 Å². The summed E-state index contributed by atoms with van der Waals surface area (Å²) < 4.78 is 0. The Morgan fingerprint density at radius 3 is 2.47 bits per heavy atom. The van der Waals surface area contributed by atoms with Crippen molar-refractivity contribution in [2.45, 2.75) is 39.2 Å². The Morgan fingerprint density at radius 1 is 1.32 bits per heavy atom. The van der Waals surface area contributed by atoms with Gasteiger partial charge in [0, 0.05) is 12.5 Å². The maximum atomic E-state index is 10.5. The van der Waals surface area contributed by atoms with Crippen LogP contribution in [0.4, 0.5) is 0 Å². The fourth-order valence-electron chi connectivity index (χ4n) is 2.23. The van der Waals surface area contributed by atoms with E-state index >= 15 is 0 Å². The van der Waals surface area contributed by atoms with E-state index in [1.165, 1.54) is 5.56 Å². The summed E-state index contributed by atoms with van der Waals surface area (Å²) in [4.78, 5) is 12.8. The van der Waals surface area contributed by atoms with Gasteiger partial charge in [0.05, 0.1) is 0 Å². The fourth-order valence-corrected chi connectivity index (χ4v) is 2.23. The Labute approximate surface area is 114 Å². The number of nitrogens with zero attached hydrogens (tertiary/aromatic N) is 1. The van der Waals surface area contributed by atoms with Gasteiger partial charge in [-0.1, -0.05) is 19.1 Å². The summed E-state index contributed by atoms with van der Waals surface area (Å²) >= 11 is 0. The minimum absolute atomic E-state index is 0.225. The van der Waals surface area contributed by atoms with Crippen LogP contribution >= 0.6 is 0 Å². The van der Waals surface area contributed by atoms with E-state index in [9.17, 15) is 9.90 Å². The molecule has 0 amide bonds. The van der Waals surface area contributed by atoms with Crippen LogP contribution in [0.15, 0.2) is 24.3 Å². The standard InChI is InChI=1S/C15H23NO3/c1-3-16(10-4-5-15(18)19)12(2)11-13-6-8-14(17)9-7-13/h6-9,12,17H,3-5,10-11H2,1-2H3,(H,18,19). The predicted molar refractivity (Wildman–Crippen MR) is 75.4 cm³/mol. The van der Waals surface area contributed by atoms with Crippen LogP contribution in [0.5, 0.6) is 5.75 Å². The number of hydrogen-bond acceptors (Lipinski definition) is 3. The van der Waals surface area contributed by atoms with Gasteiger partial charge in [0.15, 0.2) is 0 Å². The Balaban J connectivity index is 2.46. The third-order valence-electron chi connectivity index (χ3n) is 3.33. The van der Waals surface area contributed by atoms with Crippen molar-refractivity contribution in [3.05, 3.63) is 29.8 Å². The van der Waals surface area contributed by atoms with E-state index in [4.69, 9.17) is 5.11 Å². The molecule has 1 rings (SSSR count). The molecule has 19 heavy (non-hydrogen) atoms. The van der Waals surface area contributed by atoms with E-state index in [1.54, 1.807) is 12.1 Å². The normalized spacial score (nSPS) is 12.6. The molecule has 0 saturated heterocycles. The summed E-state index contributed by atoms with van der Waals surface area (Å²) in [5, 5.41) is 17.9. The molecule has 1 aromatic rings. The highest BCUT2D eigenvalue weighted by Gasteiger charge is 2.12. The molecule has 0 spiro atoms. The molecule has 0 fully saturated rings. The number of rotatable bonds is 8. The number of phenolic OH excluding ortho intramolecular Hbond substituents is 1. The number of benzene rings is 1. The number of carboxylic acids is 1. The third kappa shape index (κ3) is 5.75. The van der Waals surface area contributed by atoms with Crippen molar-refractivity contribution < 1.29 is 15.0 Å². The van der Waals surface area contributed by atoms with Crippen LogP contribution in [0.2, 0.25) is 0 Å². The first-order chi connectivity index (χ1) is 9.02. The number of aromatic hydroxyl groups is 1. The van der Waals surface area contributed by atoms with Gasteiger partial charge in [0.25, 0.3) is 0 Å². The average Bonchev–Trinajstić information content (AvgIpc) is 2.37. The predicted octanol–water partition coefficient (Wildman–Crippen LogP) is 2.51. The molecule has 2 N–H and O–H groups in total. The summed E-state index contributed by atoms with van der Waals surface area (Å²) in [7, 11) is 0. The van der Waals surface area contributed by atoms with E-state index < -0.39 is 5.97 Å². The summed E-state index contributed by atoms with van der Waals surface area (Å²) in [6.07, 6.45) is 1.81. The van der Waals surface area contributed by atoms with Gasteiger partial charge >= 0.3 is 5.97 Å². The Hall–Kier alpha value is -1.55. The minimum Gasteiger partial charge on any atom is -0.508 e. The van der Waals surface area contributed by atoms with Crippen molar-refractivity contribution in [2.75, 3.05) is 13.1 Å². The van der Waals surface area contributed by atoms with Crippen LogP contribution in [0.1, 0.15) is 32.3 Å². The van der Waals surface area contributed by atoms with Crippen molar-refractivity contribution in [3.8, 4) is 5.75 Å². The highest BCUT2D eigenvalue weighted by atomic mass is 16.4. The molecule has 4 nitrogen and oxygen atoms in total. The molecule has 1 atom stereocenters. The Bertz CT molecular complexity index is 389. The number of carbonyl (C=O) groups is 1. The topological polar surface area (TPSA) is 60.8 Å². The molecule has 0 heterocycles. The van der Waals surface area contributed by atoms with Crippen molar-refractivity contribution >= 4 is 5.97 Å². The number of aliphatic carboxylic acids is 1. The van der Waals surface area contributed by atoms with E-state index in [0.717, 1.165) is 19.5 Å². The van der Waals surface area contributed by atoms with E-state index in [0.29, 0.717) is 12.5 Å². The summed E-state index contributed by atoms with van der Waals surface area (Å²) in [6.45, 7) is 5.96. The molecule has 4 heteroatoms. The zero-order chi connectivity index (χ0) is 14.3. The Kier molecular flexibility index (Phi) is 6.36. The first kappa shape index (κ1) is 15.5. The lowest BCUT2D eigenvalue weighted by molar-refractivity contribution is -0.137. The molecule has 0 aliphatic rings. The van der Waals surface area contributed by atoms with Gasteiger partial charge in [-0.05, 0) is 50.6 Å². The number of hydrogen-bond donors (Lipinski definition) is 2. The maximum Gasteiger partial charge on any atom is 0.303 e. The van der Waals surface area contributed by atoms with Gasteiger partial charge in [-0.2, -0.15) is 0 Å². The van der Waals surface area contributed by atoms with Crippen LogP contribution < -0.4 is 0 Å². The largest absolute Gasteiger partial charge is 0.508 e. The van der Waals surface area contributed by atoms with Gasteiger partial charge < -0.3 is 15.1 Å². The quantitative estimate of drug-likeness (QED) is 0.758. The van der Waals surface area contributed by atoms with Crippen molar-refractivity contribution in [3.63, 3.8) is 0 Å². The molecule has 106 valence electrons. The zero-order valence-corrected chi connectivity index (χ0v) is 11.7. The molecule has 0 radical (unpaired) electrons. The monoisotopic (exact) mass is 265 g/mol. The number of phenols is 1. The molecule has 1 unspecified atom stereocenters. The SMILES string of the molecule is CCN(CCCC(=O)O)C(C)Cc1ccc(O)cc1. The van der Waals surface area contributed by atoms with Crippen LogP contribution in [0, 0.1) is 0 Å². The van der Waals surface area contributed by atoms with Gasteiger partial charge in [-0.15, -0.1) is 0 Å². The summed E-state index contributed by atoms with van der Waals surface area (Å²) in [5.41, 5.74) is 1.18. The lowest BCUT2D eigenvalue weighted by Gasteiger charge is -2.27. The second kappa shape index (κ2) is 7.79. The second-order valence-corrected chi connectivity index (χ2v) is 4.85. The average molecular weight is 265 g/mol. The molecular formula is C15H23NO3. The zero-order valence-electron chi connectivity index (χ0n) is 11.7. The second-order valence-electron chi connectivity index (χ2n) is 4.85. The van der Waals surface area contributed by atoms with Gasteiger partial charge in [0.1, 0.15) is 5.75 Å². The van der Waals surface area contributed by atoms with Crippen molar-refractivity contribution in [1.29, 1.82) is 0 Å². The van der Waals surface area contributed by atoms with Gasteiger partial charge in [0.2, 0.25) is 0 Å². The lowest BCUT2D eigenvalue weighted by Crippen LogP contribution is -2.35. The van der Waals surface area contributed by atoms with Crippen molar-refractivity contribution in [1.82, 2.24) is 4.90 Å². The first-order valence-electron chi connectivity index (χ1n) is 6.76. The van der Waals surface area contributed by atoms with Crippen LogP contribution in [-0.4, -0.2) is 40.2 Å². The van der Waals surface area contributed by atoms with Crippen LogP contribution in [0.25, 0.3) is 0 Å².